The fraction of sp³-hybridized carbons (Fsp3) is 0.435. The molecule has 1 aliphatic heterocycles. The molecule has 168 valence electrons. The molecule has 0 unspecified atom stereocenters. The minimum Gasteiger partial charge on any atom is -0.497 e. The average Bonchev–Trinajstić information content (AvgIpc) is 2.77. The molecule has 0 saturated carbocycles. The molecular formula is C23H28F2N2O4. The first-order valence-corrected chi connectivity index (χ1v) is 10.3. The SMILES string of the molecule is COCCNC(=O)c1ccc(OC)cc1OC1CCN(Cc2ccc(F)cc2F)CC1. The largest absolute Gasteiger partial charge is 0.497 e. The second-order valence-electron chi connectivity index (χ2n) is 7.44. The molecule has 0 atom stereocenters. The molecule has 3 rings (SSSR count). The van der Waals surface area contributed by atoms with Crippen molar-refractivity contribution in [2.75, 3.05) is 40.5 Å². The highest BCUT2D eigenvalue weighted by Crippen LogP contribution is 2.28. The lowest BCUT2D eigenvalue weighted by molar-refractivity contribution is 0.0879. The molecular weight excluding hydrogens is 406 g/mol. The lowest BCUT2D eigenvalue weighted by atomic mass is 10.1. The van der Waals surface area contributed by atoms with Crippen LogP contribution < -0.4 is 14.8 Å². The number of nitrogens with zero attached hydrogens (tertiary/aromatic N) is 1. The summed E-state index contributed by atoms with van der Waals surface area (Å²) in [5.74, 6) is -0.267. The number of carbonyl (C=O) groups is 1. The molecule has 1 aliphatic rings. The van der Waals surface area contributed by atoms with E-state index < -0.39 is 11.6 Å². The third-order valence-corrected chi connectivity index (χ3v) is 5.26. The Morgan fingerprint density at radius 1 is 1.13 bits per heavy atom. The van der Waals surface area contributed by atoms with Crippen LogP contribution in [-0.4, -0.2) is 57.4 Å². The first-order chi connectivity index (χ1) is 15.0. The monoisotopic (exact) mass is 434 g/mol. The van der Waals surface area contributed by atoms with E-state index in [0.29, 0.717) is 55.4 Å². The second-order valence-corrected chi connectivity index (χ2v) is 7.44. The number of hydrogen-bond donors (Lipinski definition) is 1. The molecule has 0 spiro atoms. The van der Waals surface area contributed by atoms with Crippen LogP contribution in [0.4, 0.5) is 8.78 Å². The van der Waals surface area contributed by atoms with Gasteiger partial charge in [0.15, 0.2) is 0 Å². The number of nitrogens with one attached hydrogen (secondary N) is 1. The summed E-state index contributed by atoms with van der Waals surface area (Å²) >= 11 is 0. The van der Waals surface area contributed by atoms with Crippen molar-refractivity contribution in [3.8, 4) is 11.5 Å². The van der Waals surface area contributed by atoms with Gasteiger partial charge in [-0.1, -0.05) is 6.07 Å². The molecule has 0 bridgehead atoms. The first-order valence-electron chi connectivity index (χ1n) is 10.3. The summed E-state index contributed by atoms with van der Waals surface area (Å²) in [7, 11) is 3.13. The maximum absolute atomic E-state index is 13.9. The van der Waals surface area contributed by atoms with Crippen molar-refractivity contribution in [1.29, 1.82) is 0 Å². The van der Waals surface area contributed by atoms with Gasteiger partial charge in [0.1, 0.15) is 29.2 Å². The van der Waals surface area contributed by atoms with E-state index in [4.69, 9.17) is 14.2 Å². The van der Waals surface area contributed by atoms with Gasteiger partial charge < -0.3 is 19.5 Å². The van der Waals surface area contributed by atoms with Gasteiger partial charge >= 0.3 is 0 Å². The number of benzene rings is 2. The first kappa shape index (κ1) is 23.0. The summed E-state index contributed by atoms with van der Waals surface area (Å²) in [5, 5.41) is 2.80. The number of piperidine rings is 1. The number of rotatable bonds is 9. The molecule has 1 heterocycles. The highest BCUT2D eigenvalue weighted by molar-refractivity contribution is 5.97. The molecule has 2 aromatic carbocycles. The van der Waals surface area contributed by atoms with E-state index in [2.05, 4.69) is 10.2 Å². The van der Waals surface area contributed by atoms with Crippen molar-refractivity contribution < 1.29 is 27.8 Å². The zero-order valence-corrected chi connectivity index (χ0v) is 17.8. The van der Waals surface area contributed by atoms with E-state index in [1.807, 2.05) is 0 Å². The van der Waals surface area contributed by atoms with E-state index in [0.717, 1.165) is 18.9 Å². The zero-order valence-electron chi connectivity index (χ0n) is 17.8. The predicted octanol–water partition coefficient (Wildman–Crippen LogP) is 3.39. The van der Waals surface area contributed by atoms with Crippen LogP contribution in [0.1, 0.15) is 28.8 Å². The summed E-state index contributed by atoms with van der Waals surface area (Å²) in [5.41, 5.74) is 0.913. The molecule has 1 saturated heterocycles. The molecule has 8 heteroatoms. The summed E-state index contributed by atoms with van der Waals surface area (Å²) in [6, 6.07) is 8.79. The van der Waals surface area contributed by atoms with Crippen molar-refractivity contribution in [2.24, 2.45) is 0 Å². The Kier molecular flexibility index (Phi) is 8.20. The molecule has 1 N–H and O–H groups in total. The number of ether oxygens (including phenoxy) is 3. The smallest absolute Gasteiger partial charge is 0.255 e. The summed E-state index contributed by atoms with van der Waals surface area (Å²) < 4.78 is 43.4. The minimum absolute atomic E-state index is 0.0769. The van der Waals surface area contributed by atoms with Crippen molar-refractivity contribution >= 4 is 5.91 Å². The van der Waals surface area contributed by atoms with Gasteiger partial charge in [0.2, 0.25) is 0 Å². The Morgan fingerprint density at radius 3 is 2.58 bits per heavy atom. The van der Waals surface area contributed by atoms with Gasteiger partial charge in [-0.2, -0.15) is 0 Å². The normalized spacial score (nSPS) is 15.0. The van der Waals surface area contributed by atoms with Gasteiger partial charge in [0.05, 0.1) is 19.3 Å². The standard InChI is InChI=1S/C23H28F2N2O4/c1-29-12-9-26-23(28)20-6-5-19(30-2)14-22(20)31-18-7-10-27(11-8-18)15-16-3-4-17(24)13-21(16)25/h3-6,13-14,18H,7-12,15H2,1-2H3,(H,26,28). The Bertz CT molecular complexity index is 886. The molecule has 0 aromatic heterocycles. The quantitative estimate of drug-likeness (QED) is 0.613. The number of methoxy groups -OCH3 is 2. The fourth-order valence-corrected chi connectivity index (χ4v) is 3.53. The van der Waals surface area contributed by atoms with Gasteiger partial charge in [-0.3, -0.25) is 9.69 Å². The van der Waals surface area contributed by atoms with Crippen molar-refractivity contribution in [3.05, 3.63) is 59.2 Å². The van der Waals surface area contributed by atoms with Gasteiger partial charge in [-0.25, -0.2) is 8.78 Å². The van der Waals surface area contributed by atoms with Crippen molar-refractivity contribution in [3.63, 3.8) is 0 Å². The van der Waals surface area contributed by atoms with Crippen LogP contribution in [0.25, 0.3) is 0 Å². The third kappa shape index (κ3) is 6.38. The highest BCUT2D eigenvalue weighted by Gasteiger charge is 2.24. The lowest BCUT2D eigenvalue weighted by Crippen LogP contribution is -2.38. The van der Waals surface area contributed by atoms with Crippen LogP contribution in [-0.2, 0) is 11.3 Å². The van der Waals surface area contributed by atoms with Crippen LogP contribution in [0, 0.1) is 11.6 Å². The lowest BCUT2D eigenvalue weighted by Gasteiger charge is -2.32. The molecule has 0 aliphatic carbocycles. The summed E-state index contributed by atoms with van der Waals surface area (Å²) in [4.78, 5) is 14.6. The number of hydrogen-bond acceptors (Lipinski definition) is 5. The van der Waals surface area contributed by atoms with E-state index >= 15 is 0 Å². The van der Waals surface area contributed by atoms with E-state index in [9.17, 15) is 13.6 Å². The van der Waals surface area contributed by atoms with Gasteiger partial charge in [0.25, 0.3) is 5.91 Å². The zero-order chi connectivity index (χ0) is 22.2. The molecule has 31 heavy (non-hydrogen) atoms. The Balaban J connectivity index is 1.60. The van der Waals surface area contributed by atoms with E-state index in [1.165, 1.54) is 12.1 Å². The maximum atomic E-state index is 13.9. The topological polar surface area (TPSA) is 60.0 Å². The molecule has 1 amide bonds. The molecule has 0 radical (unpaired) electrons. The van der Waals surface area contributed by atoms with E-state index in [-0.39, 0.29) is 12.0 Å². The summed E-state index contributed by atoms with van der Waals surface area (Å²) in [6.45, 7) is 2.66. The van der Waals surface area contributed by atoms with Crippen LogP contribution in [0.3, 0.4) is 0 Å². The third-order valence-electron chi connectivity index (χ3n) is 5.26. The van der Waals surface area contributed by atoms with Gasteiger partial charge in [-0.05, 0) is 31.0 Å². The minimum atomic E-state index is -0.575. The van der Waals surface area contributed by atoms with E-state index in [1.54, 1.807) is 32.4 Å². The molecule has 6 nitrogen and oxygen atoms in total. The van der Waals surface area contributed by atoms with Crippen molar-refractivity contribution in [1.82, 2.24) is 10.2 Å². The Hall–Kier alpha value is -2.71. The number of carbonyl (C=O) groups excluding carboxylic acids is 1. The predicted molar refractivity (Wildman–Crippen MR) is 112 cm³/mol. The fourth-order valence-electron chi connectivity index (χ4n) is 3.53. The number of likely N-dealkylation sites (tertiary alicyclic amines) is 1. The number of amides is 1. The second kappa shape index (κ2) is 11.1. The van der Waals surface area contributed by atoms with Crippen LogP contribution in [0.2, 0.25) is 0 Å². The maximum Gasteiger partial charge on any atom is 0.255 e. The van der Waals surface area contributed by atoms with Crippen LogP contribution >= 0.6 is 0 Å². The average molecular weight is 434 g/mol. The van der Waals surface area contributed by atoms with Crippen LogP contribution in [0.5, 0.6) is 11.5 Å². The Labute approximate surface area is 181 Å². The van der Waals surface area contributed by atoms with Crippen LogP contribution in [0.15, 0.2) is 36.4 Å². The highest BCUT2D eigenvalue weighted by atomic mass is 19.1. The number of halogens is 2. The molecule has 1 fully saturated rings. The van der Waals surface area contributed by atoms with Crippen molar-refractivity contribution in [2.45, 2.75) is 25.5 Å². The Morgan fingerprint density at radius 2 is 1.90 bits per heavy atom. The van der Waals surface area contributed by atoms with Gasteiger partial charge in [-0.15, -0.1) is 0 Å². The van der Waals surface area contributed by atoms with Gasteiger partial charge in [0, 0.05) is 51.0 Å². The summed E-state index contributed by atoms with van der Waals surface area (Å²) in [6.07, 6.45) is 1.38. The molecule has 2 aromatic rings.